The summed E-state index contributed by atoms with van der Waals surface area (Å²) in [6.45, 7) is 0. The molecule has 3 unspecified atom stereocenters. The van der Waals surface area contributed by atoms with Gasteiger partial charge in [-0.25, -0.2) is 13.6 Å². The van der Waals surface area contributed by atoms with E-state index in [1.165, 1.54) is 18.6 Å². The topological polar surface area (TPSA) is 37.3 Å². The molecule has 0 saturated heterocycles. The van der Waals surface area contributed by atoms with Crippen LogP contribution in [0, 0.1) is 71.2 Å². The monoisotopic (exact) mass is 434 g/mol. The number of hydrogen-bond donors (Lipinski definition) is 1. The Morgan fingerprint density at radius 3 is 2.45 bits per heavy atom. The van der Waals surface area contributed by atoms with E-state index in [1.807, 2.05) is 0 Å². The first-order valence-corrected chi connectivity index (χ1v) is 7.60. The predicted octanol–water partition coefficient (Wildman–Crippen LogP) is 4.55. The van der Waals surface area contributed by atoms with Crippen molar-refractivity contribution in [2.24, 2.45) is 11.8 Å². The average Bonchev–Trinajstić information content (AvgIpc) is 2.45. The summed E-state index contributed by atoms with van der Waals surface area (Å²) in [7, 11) is 0. The van der Waals surface area contributed by atoms with Gasteiger partial charge in [-0.05, 0) is 42.4 Å². The van der Waals surface area contributed by atoms with Crippen molar-refractivity contribution in [1.82, 2.24) is 0 Å². The third-order valence-corrected chi connectivity index (χ3v) is 5.10. The zero-order chi connectivity index (χ0) is 15.0. The van der Waals surface area contributed by atoms with E-state index < -0.39 is 23.2 Å². The first-order valence-electron chi connectivity index (χ1n) is 7.60. The Morgan fingerprint density at radius 2 is 1.82 bits per heavy atom. The molecule has 2 fully saturated rings. The molecule has 2 nitrogen and oxygen atoms in total. The Kier molecular flexibility index (Phi) is 6.35. The fourth-order valence-electron chi connectivity index (χ4n) is 3.99. The summed E-state index contributed by atoms with van der Waals surface area (Å²) in [5.41, 5.74) is -0.234. The summed E-state index contributed by atoms with van der Waals surface area (Å²) < 4.78 is 27.6. The van der Waals surface area contributed by atoms with Crippen molar-refractivity contribution in [1.29, 1.82) is 0 Å². The van der Waals surface area contributed by atoms with Crippen molar-refractivity contribution in [3.63, 3.8) is 0 Å². The number of carboxylic acids is 1. The minimum atomic E-state index is -1.55. The molecule has 1 aromatic rings. The third kappa shape index (κ3) is 3.69. The van der Waals surface area contributed by atoms with E-state index in [0.29, 0.717) is 11.5 Å². The Balaban J connectivity index is 0.00000176. The minimum Gasteiger partial charge on any atom is -0.477 e. The zero-order valence-corrected chi connectivity index (χ0v) is 16.1. The van der Waals surface area contributed by atoms with Crippen LogP contribution in [0.5, 0.6) is 0 Å². The molecule has 0 aliphatic heterocycles. The molecule has 22 heavy (non-hydrogen) atoms. The van der Waals surface area contributed by atoms with Crippen LogP contribution in [0.2, 0.25) is 0 Å². The number of aromatic carboxylic acids is 1. The molecule has 2 saturated carbocycles. The number of rotatable bonds is 2. The molecule has 3 rings (SSSR count). The average molecular weight is 434 g/mol. The number of halogens is 2. The molecule has 0 aromatic heterocycles. The predicted molar refractivity (Wildman–Crippen MR) is 75.0 cm³/mol. The molecule has 1 N–H and O–H groups in total. The molecule has 5 heteroatoms. The Bertz CT molecular complexity index is 539. The van der Waals surface area contributed by atoms with E-state index in [4.69, 9.17) is 5.11 Å². The summed E-state index contributed by atoms with van der Waals surface area (Å²) >= 11 is 0. The summed E-state index contributed by atoms with van der Waals surface area (Å²) in [5.74, 6) is -1.96. The van der Waals surface area contributed by atoms with Crippen molar-refractivity contribution in [2.45, 2.75) is 44.4 Å². The number of carboxylic acid groups (broad SMARTS) is 1. The van der Waals surface area contributed by atoms with E-state index in [9.17, 15) is 13.6 Å². The van der Waals surface area contributed by atoms with Gasteiger partial charge in [0, 0.05) is 41.3 Å². The van der Waals surface area contributed by atoms with Crippen LogP contribution >= 0.6 is 0 Å². The molecule has 3 atom stereocenters. The van der Waals surface area contributed by atoms with E-state index in [1.54, 1.807) is 0 Å². The quantitative estimate of drug-likeness (QED) is 0.694. The van der Waals surface area contributed by atoms with Gasteiger partial charge in [-0.15, -0.1) is 0 Å². The minimum absolute atomic E-state index is 0. The van der Waals surface area contributed by atoms with Gasteiger partial charge in [0.1, 0.15) is 17.2 Å². The standard InChI is InChI=1S/C17H19F2O2.Pr/c18-14-8-13(9-15(19)16(14)17(20)21)12-6-5-10-3-1-2-4-11(10)7-12;/h1,8-12H,2-7H2,(H,20,21);/q-1;. The molecule has 2 aliphatic carbocycles. The molecular weight excluding hydrogens is 415 g/mol. The van der Waals surface area contributed by atoms with E-state index in [-0.39, 0.29) is 47.2 Å². The Morgan fingerprint density at radius 1 is 1.14 bits per heavy atom. The van der Waals surface area contributed by atoms with E-state index in [0.717, 1.165) is 38.0 Å². The zero-order valence-electron chi connectivity index (χ0n) is 12.4. The maximum Gasteiger partial charge on any atom is 0.341 e. The summed E-state index contributed by atoms with van der Waals surface area (Å²) in [6, 6.07) is 2.43. The second kappa shape index (κ2) is 7.66. The summed E-state index contributed by atoms with van der Waals surface area (Å²) in [5, 5.41) is 8.82. The maximum atomic E-state index is 13.8. The van der Waals surface area contributed by atoms with E-state index >= 15 is 0 Å². The Labute approximate surface area is 162 Å². The molecule has 117 valence electrons. The molecule has 0 spiro atoms. The molecule has 2 aliphatic rings. The van der Waals surface area contributed by atoms with Crippen LogP contribution in [0.25, 0.3) is 0 Å². The van der Waals surface area contributed by atoms with Gasteiger partial charge < -0.3 is 11.5 Å². The second-order valence-electron chi connectivity index (χ2n) is 6.30. The normalized spacial score (nSPS) is 27.6. The second-order valence-corrected chi connectivity index (χ2v) is 6.30. The van der Waals surface area contributed by atoms with Gasteiger partial charge in [-0.3, -0.25) is 0 Å². The van der Waals surface area contributed by atoms with Crippen LogP contribution < -0.4 is 0 Å². The van der Waals surface area contributed by atoms with E-state index in [2.05, 4.69) is 6.42 Å². The van der Waals surface area contributed by atoms with Gasteiger partial charge in [0.2, 0.25) is 0 Å². The van der Waals surface area contributed by atoms with Gasteiger partial charge in [-0.1, -0.05) is 18.8 Å². The summed E-state index contributed by atoms with van der Waals surface area (Å²) in [6.07, 6.45) is 8.80. The molecule has 0 heterocycles. The smallest absolute Gasteiger partial charge is 0.341 e. The molecule has 1 radical (unpaired) electrons. The fourth-order valence-corrected chi connectivity index (χ4v) is 3.99. The number of carbonyl (C=O) groups is 1. The van der Waals surface area contributed by atoms with Crippen LogP contribution in [0.4, 0.5) is 8.78 Å². The van der Waals surface area contributed by atoms with Crippen molar-refractivity contribution in [3.8, 4) is 0 Å². The maximum absolute atomic E-state index is 13.8. The first-order chi connectivity index (χ1) is 10.1. The Hall–Kier alpha value is -0.0864. The van der Waals surface area contributed by atoms with Crippen LogP contribution in [-0.2, 0) is 0 Å². The van der Waals surface area contributed by atoms with Crippen LogP contribution in [-0.4, -0.2) is 11.1 Å². The molecule has 0 bridgehead atoms. The molecule has 0 amide bonds. The largest absolute Gasteiger partial charge is 0.477 e. The number of benzene rings is 1. The van der Waals surface area contributed by atoms with Gasteiger partial charge >= 0.3 is 5.97 Å². The van der Waals surface area contributed by atoms with Gasteiger partial charge in [-0.2, -0.15) is 12.8 Å². The number of fused-ring (bicyclic) bond motifs is 1. The van der Waals surface area contributed by atoms with Gasteiger partial charge in [0.25, 0.3) is 0 Å². The van der Waals surface area contributed by atoms with Crippen LogP contribution in [0.15, 0.2) is 12.1 Å². The van der Waals surface area contributed by atoms with Crippen LogP contribution in [0.3, 0.4) is 0 Å². The first kappa shape index (κ1) is 18.3. The summed E-state index contributed by atoms with van der Waals surface area (Å²) in [4.78, 5) is 10.8. The third-order valence-electron chi connectivity index (χ3n) is 5.10. The SMILES string of the molecule is O=C(O)c1c(F)cc(C2CCC3C[CH-]CCC3C2)cc1F.[Pr]. The van der Waals surface area contributed by atoms with Crippen molar-refractivity contribution < 1.29 is 60.0 Å². The van der Waals surface area contributed by atoms with Gasteiger partial charge in [0.05, 0.1) is 0 Å². The fraction of sp³-hybridized carbons (Fsp3) is 0.529. The number of hydrogen-bond acceptors (Lipinski definition) is 1. The van der Waals surface area contributed by atoms with Gasteiger partial charge in [0.15, 0.2) is 0 Å². The molecular formula is C17H19F2O2Pr-. The van der Waals surface area contributed by atoms with Crippen molar-refractivity contribution in [2.75, 3.05) is 0 Å². The van der Waals surface area contributed by atoms with Crippen molar-refractivity contribution >= 4 is 5.97 Å². The molecule has 1 aromatic carbocycles. The van der Waals surface area contributed by atoms with Crippen molar-refractivity contribution in [3.05, 3.63) is 41.3 Å². The van der Waals surface area contributed by atoms with Crippen LogP contribution in [0.1, 0.15) is 60.4 Å².